The normalized spacial score (nSPS) is 14.3. The summed E-state index contributed by atoms with van der Waals surface area (Å²) in [6.07, 6.45) is -4.28. The highest BCUT2D eigenvalue weighted by Gasteiger charge is 2.39. The summed E-state index contributed by atoms with van der Waals surface area (Å²) in [5, 5.41) is 2.81. The number of nitrogens with zero attached hydrogens (tertiary/aromatic N) is 1. The third-order valence-electron chi connectivity index (χ3n) is 4.41. The molecule has 6 nitrogen and oxygen atoms in total. The zero-order valence-electron chi connectivity index (χ0n) is 17.0. The molecule has 3 rings (SSSR count). The van der Waals surface area contributed by atoms with E-state index < -0.39 is 23.9 Å². The van der Waals surface area contributed by atoms with Crippen molar-refractivity contribution in [3.63, 3.8) is 0 Å². The zero-order chi connectivity index (χ0) is 22.6. The van der Waals surface area contributed by atoms with Gasteiger partial charge in [-0.3, -0.25) is 14.5 Å². The molecule has 1 N–H and O–H groups in total. The van der Waals surface area contributed by atoms with Gasteiger partial charge in [-0.05, 0) is 43.2 Å². The van der Waals surface area contributed by atoms with Crippen molar-refractivity contribution in [1.82, 2.24) is 4.90 Å². The van der Waals surface area contributed by atoms with Crippen LogP contribution in [0, 0.1) is 0 Å². The van der Waals surface area contributed by atoms with Gasteiger partial charge in [0.25, 0.3) is 11.8 Å². The van der Waals surface area contributed by atoms with Crippen molar-refractivity contribution < 1.29 is 32.2 Å². The van der Waals surface area contributed by atoms with E-state index in [-0.39, 0.29) is 23.5 Å². The van der Waals surface area contributed by atoms with Crippen LogP contribution < -0.4 is 14.8 Å². The van der Waals surface area contributed by atoms with Crippen LogP contribution in [0.3, 0.4) is 0 Å². The Bertz CT molecular complexity index is 1000. The minimum Gasteiger partial charge on any atom is -0.494 e. The second-order valence-corrected chi connectivity index (χ2v) is 6.67. The predicted molar refractivity (Wildman–Crippen MR) is 108 cm³/mol. The summed E-state index contributed by atoms with van der Waals surface area (Å²) in [7, 11) is 0. The second kappa shape index (κ2) is 9.11. The van der Waals surface area contributed by atoms with Crippen LogP contribution in [0.4, 0.5) is 18.9 Å². The number of rotatable bonds is 8. The van der Waals surface area contributed by atoms with Crippen LogP contribution in [0.15, 0.2) is 54.2 Å². The van der Waals surface area contributed by atoms with Gasteiger partial charge >= 0.3 is 6.36 Å². The molecular weight excluding hydrogens is 413 g/mol. The van der Waals surface area contributed by atoms with Gasteiger partial charge in [0.1, 0.15) is 17.2 Å². The maximum Gasteiger partial charge on any atom is 0.573 e. The molecule has 1 heterocycles. The number of imide groups is 1. The Kier molecular flexibility index (Phi) is 6.53. The van der Waals surface area contributed by atoms with Crippen molar-refractivity contribution >= 4 is 23.1 Å². The first-order valence-electron chi connectivity index (χ1n) is 9.70. The molecule has 0 saturated carbocycles. The fraction of sp³-hybridized carbons (Fsp3) is 0.273. The molecule has 1 aliphatic heterocycles. The van der Waals surface area contributed by atoms with Crippen LogP contribution in [0.1, 0.15) is 25.8 Å². The summed E-state index contributed by atoms with van der Waals surface area (Å²) in [4.78, 5) is 27.0. The molecule has 0 bridgehead atoms. The molecule has 0 aliphatic carbocycles. The first-order chi connectivity index (χ1) is 14.7. The van der Waals surface area contributed by atoms with E-state index in [4.69, 9.17) is 4.74 Å². The largest absolute Gasteiger partial charge is 0.573 e. The van der Waals surface area contributed by atoms with E-state index in [1.54, 1.807) is 24.3 Å². The van der Waals surface area contributed by atoms with E-state index in [0.717, 1.165) is 17.0 Å². The molecule has 0 atom stereocenters. The van der Waals surface area contributed by atoms with Crippen molar-refractivity contribution in [2.24, 2.45) is 0 Å². The highest BCUT2D eigenvalue weighted by molar-refractivity contribution is 6.36. The Balaban J connectivity index is 1.99. The lowest BCUT2D eigenvalue weighted by molar-refractivity contribution is -0.274. The Morgan fingerprint density at radius 2 is 1.68 bits per heavy atom. The topological polar surface area (TPSA) is 67.9 Å². The number of anilines is 1. The number of carbonyl (C=O) groups excluding carboxylic acids is 2. The fourth-order valence-corrected chi connectivity index (χ4v) is 3.19. The first-order valence-corrected chi connectivity index (χ1v) is 9.70. The number of ether oxygens (including phenoxy) is 2. The minimum absolute atomic E-state index is 0.00762. The molecule has 0 aromatic heterocycles. The first kappa shape index (κ1) is 22.2. The number of amides is 2. The van der Waals surface area contributed by atoms with Crippen LogP contribution in [-0.4, -0.2) is 36.2 Å². The number of hydrogen-bond acceptors (Lipinski definition) is 5. The molecule has 2 aromatic carbocycles. The molecule has 0 unspecified atom stereocenters. The molecule has 0 radical (unpaired) electrons. The zero-order valence-corrected chi connectivity index (χ0v) is 17.0. The second-order valence-electron chi connectivity index (χ2n) is 6.67. The molecule has 0 spiro atoms. The van der Waals surface area contributed by atoms with Gasteiger partial charge in [-0.25, -0.2) is 0 Å². The lowest BCUT2D eigenvalue weighted by Gasteiger charge is -2.14. The van der Waals surface area contributed by atoms with E-state index in [1.165, 1.54) is 12.1 Å². The highest BCUT2D eigenvalue weighted by Crippen LogP contribution is 2.33. The van der Waals surface area contributed by atoms with Crippen molar-refractivity contribution in [2.75, 3.05) is 18.5 Å². The molecule has 2 amide bonds. The molecule has 0 fully saturated rings. The summed E-state index contributed by atoms with van der Waals surface area (Å²) >= 11 is 0. The van der Waals surface area contributed by atoms with E-state index in [9.17, 15) is 22.8 Å². The van der Waals surface area contributed by atoms with Crippen LogP contribution in [0.2, 0.25) is 0 Å². The number of alkyl halides is 3. The van der Waals surface area contributed by atoms with Crippen molar-refractivity contribution in [1.29, 1.82) is 0 Å². The van der Waals surface area contributed by atoms with Gasteiger partial charge in [0.05, 0.1) is 12.2 Å². The Hall–Kier alpha value is -3.49. The highest BCUT2D eigenvalue weighted by atomic mass is 19.4. The minimum atomic E-state index is -4.84. The number of nitrogens with one attached hydrogen (secondary N) is 1. The number of carbonyl (C=O) groups is 2. The van der Waals surface area contributed by atoms with Gasteiger partial charge in [-0.15, -0.1) is 13.2 Å². The number of halogens is 3. The van der Waals surface area contributed by atoms with Gasteiger partial charge in [0, 0.05) is 18.3 Å². The van der Waals surface area contributed by atoms with Crippen molar-refractivity contribution in [3.05, 3.63) is 59.8 Å². The average molecular weight is 434 g/mol. The lowest BCUT2D eigenvalue weighted by Crippen LogP contribution is -2.33. The standard InChI is InChI=1S/C22H21F3N2O4/c1-3-12-27-20(28)18(14-8-10-16(11-9-14)30-4-2)19(21(27)29)26-15-6-5-7-17(13-15)31-22(23,24)25/h5-11,13,26H,3-4,12H2,1-2H3. The maximum absolute atomic E-state index is 13.0. The summed E-state index contributed by atoms with van der Waals surface area (Å²) < 4.78 is 46.9. The van der Waals surface area contributed by atoms with Crippen molar-refractivity contribution in [3.8, 4) is 11.5 Å². The third kappa shape index (κ3) is 5.17. The number of benzene rings is 2. The molecular formula is C22H21F3N2O4. The van der Waals surface area contributed by atoms with Gasteiger partial charge in [-0.1, -0.05) is 25.1 Å². The molecule has 31 heavy (non-hydrogen) atoms. The molecule has 164 valence electrons. The van der Waals surface area contributed by atoms with Gasteiger partial charge in [-0.2, -0.15) is 0 Å². The number of hydrogen-bond donors (Lipinski definition) is 1. The molecule has 9 heteroatoms. The van der Waals surface area contributed by atoms with E-state index >= 15 is 0 Å². The summed E-state index contributed by atoms with van der Waals surface area (Å²) in [5.74, 6) is -0.845. The summed E-state index contributed by atoms with van der Waals surface area (Å²) in [6, 6.07) is 11.8. The Labute approximate surface area is 177 Å². The Morgan fingerprint density at radius 3 is 2.29 bits per heavy atom. The monoisotopic (exact) mass is 434 g/mol. The maximum atomic E-state index is 13.0. The van der Waals surface area contributed by atoms with Gasteiger partial charge in [0.15, 0.2) is 0 Å². The summed E-state index contributed by atoms with van der Waals surface area (Å²) in [6.45, 7) is 4.38. The van der Waals surface area contributed by atoms with Gasteiger partial charge in [0.2, 0.25) is 0 Å². The van der Waals surface area contributed by atoms with E-state index in [0.29, 0.717) is 24.3 Å². The SMILES string of the molecule is CCCN1C(=O)C(Nc2cccc(OC(F)(F)F)c2)=C(c2ccc(OCC)cc2)C1=O. The summed E-state index contributed by atoms with van der Waals surface area (Å²) in [5.41, 5.74) is 0.806. The quantitative estimate of drug-likeness (QED) is 0.616. The van der Waals surface area contributed by atoms with Crippen molar-refractivity contribution in [2.45, 2.75) is 26.6 Å². The van der Waals surface area contributed by atoms with Crippen LogP contribution in [0.5, 0.6) is 11.5 Å². The fourth-order valence-electron chi connectivity index (χ4n) is 3.19. The van der Waals surface area contributed by atoms with Gasteiger partial charge < -0.3 is 14.8 Å². The predicted octanol–water partition coefficient (Wildman–Crippen LogP) is 4.59. The molecule has 1 aliphatic rings. The van der Waals surface area contributed by atoms with Crippen LogP contribution >= 0.6 is 0 Å². The third-order valence-corrected chi connectivity index (χ3v) is 4.41. The van der Waals surface area contributed by atoms with Crippen LogP contribution in [-0.2, 0) is 9.59 Å². The smallest absolute Gasteiger partial charge is 0.494 e. The average Bonchev–Trinajstić information content (AvgIpc) is 2.93. The van der Waals surface area contributed by atoms with E-state index in [1.807, 2.05) is 13.8 Å². The van der Waals surface area contributed by atoms with Crippen LogP contribution in [0.25, 0.3) is 5.57 Å². The Morgan fingerprint density at radius 1 is 0.968 bits per heavy atom. The molecule has 0 saturated heterocycles. The van der Waals surface area contributed by atoms with E-state index in [2.05, 4.69) is 10.1 Å². The lowest BCUT2D eigenvalue weighted by atomic mass is 10.0. The molecule has 2 aromatic rings.